The highest BCUT2D eigenvalue weighted by atomic mass is 35.5. The Morgan fingerprint density at radius 2 is 1.73 bits per heavy atom. The molecular formula is C24H19ClN4O6S2. The van der Waals surface area contributed by atoms with Gasteiger partial charge >= 0.3 is 10.9 Å². The summed E-state index contributed by atoms with van der Waals surface area (Å²) in [4.78, 5) is 64.7. The van der Waals surface area contributed by atoms with Crippen molar-refractivity contribution in [3.63, 3.8) is 0 Å². The molecule has 3 aromatic rings. The molecule has 2 aliphatic rings. The Morgan fingerprint density at radius 1 is 1.05 bits per heavy atom. The number of anilines is 1. The minimum atomic E-state index is -1.15. The zero-order chi connectivity index (χ0) is 26.4. The SMILES string of the molecule is COc1ccc(C2c3sc(=O)n(CC(=O)Nc4ccc(Cl)cc4)c3SC3C(=O)N(C(N)=O)C(=O)C32)cc1. The van der Waals surface area contributed by atoms with Gasteiger partial charge in [-0.15, -0.1) is 0 Å². The number of methoxy groups -OCH3 is 1. The number of aromatic nitrogens is 1. The lowest BCUT2D eigenvalue weighted by Gasteiger charge is -2.30. The fourth-order valence-corrected chi connectivity index (χ4v) is 7.42. The number of hydrogen-bond acceptors (Lipinski definition) is 8. The molecule has 190 valence electrons. The molecule has 3 N–H and O–H groups in total. The average Bonchev–Trinajstić information content (AvgIpc) is 3.31. The first-order chi connectivity index (χ1) is 17.7. The van der Waals surface area contributed by atoms with Crippen LogP contribution >= 0.6 is 34.7 Å². The number of amides is 5. The van der Waals surface area contributed by atoms with Crippen LogP contribution in [0.1, 0.15) is 16.4 Å². The standard InChI is InChI=1S/C24H19ClN4O6S2/c1-35-14-8-2-11(3-9-14)16-17-18(21(32)29(20(17)31)23(26)33)36-22-19(16)37-24(34)28(22)10-15(30)27-13-6-4-12(25)5-7-13/h2-9,16-18H,10H2,1H3,(H2,26,33)(H,27,30). The Bertz CT molecular complexity index is 1480. The van der Waals surface area contributed by atoms with Gasteiger partial charge in [0.2, 0.25) is 11.8 Å². The van der Waals surface area contributed by atoms with Gasteiger partial charge in [-0.05, 0) is 42.0 Å². The summed E-state index contributed by atoms with van der Waals surface area (Å²) in [5, 5.41) is 2.64. The number of fused-ring (bicyclic) bond motifs is 2. The minimum absolute atomic E-state index is 0.311. The predicted octanol–water partition coefficient (Wildman–Crippen LogP) is 2.88. The molecule has 5 rings (SSSR count). The van der Waals surface area contributed by atoms with E-state index in [-0.39, 0.29) is 6.54 Å². The quantitative estimate of drug-likeness (QED) is 0.459. The summed E-state index contributed by atoms with van der Waals surface area (Å²) in [7, 11) is 1.52. The summed E-state index contributed by atoms with van der Waals surface area (Å²) in [6, 6.07) is 12.3. The van der Waals surface area contributed by atoms with E-state index >= 15 is 0 Å². The molecule has 1 saturated heterocycles. The first kappa shape index (κ1) is 25.1. The molecule has 0 radical (unpaired) electrons. The fraction of sp³-hybridized carbons (Fsp3) is 0.208. The lowest BCUT2D eigenvalue weighted by molar-refractivity contribution is -0.135. The fourth-order valence-electron chi connectivity index (χ4n) is 4.52. The van der Waals surface area contributed by atoms with E-state index in [2.05, 4.69) is 5.32 Å². The predicted molar refractivity (Wildman–Crippen MR) is 138 cm³/mol. The number of thioether (sulfide) groups is 1. The Balaban J connectivity index is 1.55. The van der Waals surface area contributed by atoms with E-state index < -0.39 is 45.7 Å². The number of rotatable bonds is 5. The summed E-state index contributed by atoms with van der Waals surface area (Å²) in [6.07, 6.45) is 0. The van der Waals surface area contributed by atoms with Crippen molar-refractivity contribution in [1.29, 1.82) is 0 Å². The van der Waals surface area contributed by atoms with Crippen molar-refractivity contribution in [1.82, 2.24) is 9.47 Å². The van der Waals surface area contributed by atoms with Crippen LogP contribution < -0.4 is 20.7 Å². The molecule has 1 fully saturated rings. The average molecular weight is 559 g/mol. The van der Waals surface area contributed by atoms with Crippen molar-refractivity contribution in [2.75, 3.05) is 12.4 Å². The molecule has 0 bridgehead atoms. The number of primary amides is 1. The van der Waals surface area contributed by atoms with E-state index in [1.54, 1.807) is 48.5 Å². The molecule has 3 heterocycles. The zero-order valence-electron chi connectivity index (χ0n) is 19.2. The van der Waals surface area contributed by atoms with Gasteiger partial charge in [0.05, 0.1) is 18.1 Å². The molecule has 2 aromatic carbocycles. The first-order valence-corrected chi connectivity index (χ1v) is 13.0. The Morgan fingerprint density at radius 3 is 2.35 bits per heavy atom. The number of likely N-dealkylation sites (tertiary alicyclic amines) is 1. The monoisotopic (exact) mass is 558 g/mol. The number of nitrogens with two attached hydrogens (primary N) is 1. The maximum Gasteiger partial charge on any atom is 0.328 e. The number of carbonyl (C=O) groups is 4. The second-order valence-corrected chi connectivity index (χ2v) is 10.9. The van der Waals surface area contributed by atoms with Gasteiger partial charge in [-0.3, -0.25) is 23.7 Å². The highest BCUT2D eigenvalue weighted by Gasteiger charge is 2.57. The largest absolute Gasteiger partial charge is 0.497 e. The van der Waals surface area contributed by atoms with E-state index in [4.69, 9.17) is 22.1 Å². The molecule has 37 heavy (non-hydrogen) atoms. The number of ether oxygens (including phenoxy) is 1. The van der Waals surface area contributed by atoms with Crippen molar-refractivity contribution in [2.24, 2.45) is 11.7 Å². The van der Waals surface area contributed by atoms with Crippen LogP contribution in [0.4, 0.5) is 10.5 Å². The van der Waals surface area contributed by atoms with Crippen molar-refractivity contribution in [3.8, 4) is 5.75 Å². The summed E-state index contributed by atoms with van der Waals surface area (Å²) >= 11 is 7.79. The topological polar surface area (TPSA) is 141 Å². The van der Waals surface area contributed by atoms with Crippen molar-refractivity contribution in [2.45, 2.75) is 22.7 Å². The number of imide groups is 3. The maximum absolute atomic E-state index is 13.2. The molecule has 10 nitrogen and oxygen atoms in total. The van der Waals surface area contributed by atoms with E-state index in [9.17, 15) is 24.0 Å². The smallest absolute Gasteiger partial charge is 0.328 e. The van der Waals surface area contributed by atoms with Crippen LogP contribution in [0.3, 0.4) is 0 Å². The van der Waals surface area contributed by atoms with Gasteiger partial charge in [-0.2, -0.15) is 4.90 Å². The molecule has 3 unspecified atom stereocenters. The number of hydrogen-bond donors (Lipinski definition) is 2. The number of carbonyl (C=O) groups excluding carboxylic acids is 4. The van der Waals surface area contributed by atoms with Gasteiger partial charge in [-0.25, -0.2) is 4.79 Å². The van der Waals surface area contributed by atoms with Crippen LogP contribution in [-0.2, 0) is 20.9 Å². The second kappa shape index (κ2) is 9.69. The molecule has 13 heteroatoms. The van der Waals surface area contributed by atoms with Gasteiger partial charge in [0.15, 0.2) is 0 Å². The summed E-state index contributed by atoms with van der Waals surface area (Å²) in [6.45, 7) is -0.311. The van der Waals surface area contributed by atoms with Crippen molar-refractivity contribution in [3.05, 3.63) is 73.7 Å². The zero-order valence-corrected chi connectivity index (χ0v) is 21.6. The maximum atomic E-state index is 13.2. The summed E-state index contributed by atoms with van der Waals surface area (Å²) < 4.78 is 6.51. The Labute approximate surface area is 223 Å². The number of thiazole rings is 1. The number of nitrogens with zero attached hydrogens (tertiary/aromatic N) is 2. The van der Waals surface area contributed by atoms with Crippen LogP contribution in [0.15, 0.2) is 58.4 Å². The van der Waals surface area contributed by atoms with E-state index in [0.29, 0.717) is 36.8 Å². The number of urea groups is 1. The lowest BCUT2D eigenvalue weighted by Crippen LogP contribution is -2.41. The minimum Gasteiger partial charge on any atom is -0.497 e. The Kier molecular flexibility index (Phi) is 6.56. The Hall–Kier alpha value is -3.61. The second-order valence-electron chi connectivity index (χ2n) is 8.34. The molecular weight excluding hydrogens is 540 g/mol. The molecule has 5 amide bonds. The van der Waals surface area contributed by atoms with E-state index in [1.807, 2.05) is 0 Å². The van der Waals surface area contributed by atoms with Gasteiger partial charge in [0.1, 0.15) is 17.5 Å². The molecule has 2 aliphatic heterocycles. The number of nitrogens with one attached hydrogen (secondary N) is 1. The molecule has 1 aromatic heterocycles. The van der Waals surface area contributed by atoms with Gasteiger partial charge in [0.25, 0.3) is 5.91 Å². The lowest BCUT2D eigenvalue weighted by atomic mass is 9.83. The van der Waals surface area contributed by atoms with Crippen LogP contribution in [0.5, 0.6) is 5.75 Å². The van der Waals surface area contributed by atoms with Gasteiger partial charge in [-0.1, -0.05) is 46.8 Å². The van der Waals surface area contributed by atoms with Crippen molar-refractivity contribution < 1.29 is 23.9 Å². The van der Waals surface area contributed by atoms with Gasteiger partial charge < -0.3 is 15.8 Å². The third kappa shape index (κ3) is 4.41. The van der Waals surface area contributed by atoms with Crippen LogP contribution in [0, 0.1) is 5.92 Å². The molecule has 0 saturated carbocycles. The number of benzene rings is 2. The third-order valence-corrected chi connectivity index (χ3v) is 9.03. The molecule has 3 atom stereocenters. The number of halogens is 1. The van der Waals surface area contributed by atoms with E-state index in [0.717, 1.165) is 23.1 Å². The van der Waals surface area contributed by atoms with Crippen LogP contribution in [0.25, 0.3) is 0 Å². The van der Waals surface area contributed by atoms with Crippen LogP contribution in [0.2, 0.25) is 5.02 Å². The molecule has 0 spiro atoms. The van der Waals surface area contributed by atoms with Gasteiger partial charge in [0, 0.05) is 21.5 Å². The van der Waals surface area contributed by atoms with E-state index in [1.165, 1.54) is 11.7 Å². The third-order valence-electron chi connectivity index (χ3n) is 6.17. The first-order valence-electron chi connectivity index (χ1n) is 11.0. The highest BCUT2D eigenvalue weighted by Crippen LogP contribution is 2.53. The van der Waals surface area contributed by atoms with Crippen LogP contribution in [-0.4, -0.2) is 45.6 Å². The molecule has 0 aliphatic carbocycles. The normalized spacial score (nSPS) is 20.4. The highest BCUT2D eigenvalue weighted by molar-refractivity contribution is 8.00. The summed E-state index contributed by atoms with van der Waals surface area (Å²) in [5.74, 6) is -2.97. The summed E-state index contributed by atoms with van der Waals surface area (Å²) in [5.41, 5.74) is 6.50. The van der Waals surface area contributed by atoms with Crippen molar-refractivity contribution >= 4 is 64.1 Å².